The van der Waals surface area contributed by atoms with Gasteiger partial charge < -0.3 is 15.4 Å². The molecule has 4 nitrogen and oxygen atoms in total. The van der Waals surface area contributed by atoms with Crippen LogP contribution in [0, 0.1) is 12.3 Å². The Balaban J connectivity index is 1.97. The molecule has 1 heterocycles. The van der Waals surface area contributed by atoms with Gasteiger partial charge in [0.1, 0.15) is 0 Å². The van der Waals surface area contributed by atoms with E-state index in [9.17, 15) is 4.79 Å². The van der Waals surface area contributed by atoms with E-state index in [4.69, 9.17) is 11.2 Å². The van der Waals surface area contributed by atoms with Crippen molar-refractivity contribution >= 4 is 11.6 Å². The summed E-state index contributed by atoms with van der Waals surface area (Å²) in [6, 6.07) is 7.04. The second-order valence-corrected chi connectivity index (χ2v) is 4.27. The minimum atomic E-state index is -0.204. The number of benzene rings is 1. The SMILES string of the molecule is C#Cc1cccc(NC(=O)C2CC(OC)CN2)c1. The van der Waals surface area contributed by atoms with Crippen molar-refractivity contribution in [2.75, 3.05) is 19.0 Å². The largest absolute Gasteiger partial charge is 0.380 e. The van der Waals surface area contributed by atoms with Crippen LogP contribution in [-0.2, 0) is 9.53 Å². The Morgan fingerprint density at radius 3 is 3.11 bits per heavy atom. The second kappa shape index (κ2) is 5.67. The van der Waals surface area contributed by atoms with E-state index in [-0.39, 0.29) is 18.1 Å². The predicted octanol–water partition coefficient (Wildman–Crippen LogP) is 0.983. The van der Waals surface area contributed by atoms with Gasteiger partial charge in [0.05, 0.1) is 12.1 Å². The van der Waals surface area contributed by atoms with Gasteiger partial charge >= 0.3 is 0 Å². The number of terminal acetylenes is 1. The third kappa shape index (κ3) is 2.89. The highest BCUT2D eigenvalue weighted by atomic mass is 16.5. The molecule has 2 unspecified atom stereocenters. The Kier molecular flexibility index (Phi) is 3.98. The standard InChI is InChI=1S/C14H16N2O2/c1-3-10-5-4-6-11(7-10)16-14(17)13-8-12(18-2)9-15-13/h1,4-7,12-13,15H,8-9H2,2H3,(H,16,17). The maximum absolute atomic E-state index is 12.0. The molecule has 1 aliphatic rings. The summed E-state index contributed by atoms with van der Waals surface area (Å²) in [5.74, 6) is 2.49. The molecule has 0 aromatic heterocycles. The average molecular weight is 244 g/mol. The van der Waals surface area contributed by atoms with Gasteiger partial charge in [0.25, 0.3) is 0 Å². The summed E-state index contributed by atoms with van der Waals surface area (Å²) < 4.78 is 5.21. The Hall–Kier alpha value is -1.83. The van der Waals surface area contributed by atoms with E-state index in [0.717, 1.165) is 11.3 Å². The molecule has 4 heteroatoms. The summed E-state index contributed by atoms with van der Waals surface area (Å²) in [7, 11) is 1.66. The van der Waals surface area contributed by atoms with Gasteiger partial charge in [0.2, 0.25) is 5.91 Å². The molecule has 1 aromatic carbocycles. The van der Waals surface area contributed by atoms with E-state index in [1.165, 1.54) is 0 Å². The molecular formula is C14H16N2O2. The lowest BCUT2D eigenvalue weighted by Gasteiger charge is -2.11. The zero-order chi connectivity index (χ0) is 13.0. The lowest BCUT2D eigenvalue weighted by molar-refractivity contribution is -0.118. The van der Waals surface area contributed by atoms with Crippen molar-refractivity contribution in [1.29, 1.82) is 0 Å². The van der Waals surface area contributed by atoms with Crippen LogP contribution in [0.25, 0.3) is 0 Å². The molecule has 0 saturated carbocycles. The third-order valence-electron chi connectivity index (χ3n) is 3.04. The fourth-order valence-electron chi connectivity index (χ4n) is 2.00. The molecule has 2 rings (SSSR count). The van der Waals surface area contributed by atoms with Crippen LogP contribution in [-0.4, -0.2) is 31.7 Å². The fourth-order valence-corrected chi connectivity index (χ4v) is 2.00. The van der Waals surface area contributed by atoms with Crippen LogP contribution in [0.1, 0.15) is 12.0 Å². The first-order valence-electron chi connectivity index (χ1n) is 5.86. The molecule has 1 aliphatic heterocycles. The highest BCUT2D eigenvalue weighted by molar-refractivity contribution is 5.95. The number of ether oxygens (including phenoxy) is 1. The first-order chi connectivity index (χ1) is 8.72. The molecule has 0 spiro atoms. The summed E-state index contributed by atoms with van der Waals surface area (Å²) in [5.41, 5.74) is 1.47. The van der Waals surface area contributed by atoms with E-state index >= 15 is 0 Å². The number of nitrogens with one attached hydrogen (secondary N) is 2. The number of methoxy groups -OCH3 is 1. The van der Waals surface area contributed by atoms with Gasteiger partial charge in [-0.05, 0) is 24.6 Å². The number of hydrogen-bond acceptors (Lipinski definition) is 3. The highest BCUT2D eigenvalue weighted by Gasteiger charge is 2.29. The smallest absolute Gasteiger partial charge is 0.241 e. The maximum atomic E-state index is 12.0. The van der Waals surface area contributed by atoms with E-state index < -0.39 is 0 Å². The number of carbonyl (C=O) groups is 1. The van der Waals surface area contributed by atoms with E-state index in [2.05, 4.69) is 16.6 Å². The van der Waals surface area contributed by atoms with E-state index in [0.29, 0.717) is 13.0 Å². The van der Waals surface area contributed by atoms with Crippen LogP contribution in [0.2, 0.25) is 0 Å². The first-order valence-corrected chi connectivity index (χ1v) is 5.86. The molecular weight excluding hydrogens is 228 g/mol. The quantitative estimate of drug-likeness (QED) is 0.779. The zero-order valence-electron chi connectivity index (χ0n) is 10.3. The molecule has 1 fully saturated rings. The number of hydrogen-bond donors (Lipinski definition) is 2. The summed E-state index contributed by atoms with van der Waals surface area (Å²) >= 11 is 0. The zero-order valence-corrected chi connectivity index (χ0v) is 10.3. The second-order valence-electron chi connectivity index (χ2n) is 4.27. The van der Waals surface area contributed by atoms with Crippen LogP contribution in [0.4, 0.5) is 5.69 Å². The Morgan fingerprint density at radius 2 is 2.44 bits per heavy atom. The van der Waals surface area contributed by atoms with Gasteiger partial charge in [-0.15, -0.1) is 6.42 Å². The highest BCUT2D eigenvalue weighted by Crippen LogP contribution is 2.14. The van der Waals surface area contributed by atoms with Gasteiger partial charge in [0.15, 0.2) is 0 Å². The van der Waals surface area contributed by atoms with Crippen molar-refractivity contribution in [3.8, 4) is 12.3 Å². The minimum absolute atomic E-state index is 0.0521. The molecule has 1 aromatic rings. The van der Waals surface area contributed by atoms with Crippen molar-refractivity contribution in [3.05, 3.63) is 29.8 Å². The molecule has 1 saturated heterocycles. The van der Waals surface area contributed by atoms with Gasteiger partial charge in [-0.3, -0.25) is 4.79 Å². The van der Waals surface area contributed by atoms with Gasteiger partial charge in [-0.25, -0.2) is 0 Å². The molecule has 2 atom stereocenters. The van der Waals surface area contributed by atoms with Crippen LogP contribution in [0.3, 0.4) is 0 Å². The van der Waals surface area contributed by atoms with Gasteiger partial charge in [-0.2, -0.15) is 0 Å². The number of carbonyl (C=O) groups excluding carboxylic acids is 1. The summed E-state index contributed by atoms with van der Waals surface area (Å²) in [6.07, 6.45) is 6.12. The summed E-state index contributed by atoms with van der Waals surface area (Å²) in [6.45, 7) is 0.707. The normalized spacial score (nSPS) is 22.4. The molecule has 18 heavy (non-hydrogen) atoms. The Morgan fingerprint density at radius 1 is 1.61 bits per heavy atom. The lowest BCUT2D eigenvalue weighted by Crippen LogP contribution is -2.35. The fraction of sp³-hybridized carbons (Fsp3) is 0.357. The van der Waals surface area contributed by atoms with Gasteiger partial charge in [-0.1, -0.05) is 12.0 Å². The van der Waals surface area contributed by atoms with Crippen molar-refractivity contribution in [1.82, 2.24) is 5.32 Å². The Bertz CT molecular complexity index is 479. The number of rotatable bonds is 3. The molecule has 94 valence electrons. The summed E-state index contributed by atoms with van der Waals surface area (Å²) in [5, 5.41) is 5.98. The lowest BCUT2D eigenvalue weighted by atomic mass is 10.1. The Labute approximate surface area is 107 Å². The van der Waals surface area contributed by atoms with Crippen LogP contribution >= 0.6 is 0 Å². The topological polar surface area (TPSA) is 50.4 Å². The molecule has 0 aliphatic carbocycles. The van der Waals surface area contributed by atoms with Crippen molar-refractivity contribution in [2.45, 2.75) is 18.6 Å². The van der Waals surface area contributed by atoms with E-state index in [1.807, 2.05) is 18.2 Å². The average Bonchev–Trinajstić information content (AvgIpc) is 2.88. The molecule has 0 bridgehead atoms. The van der Waals surface area contributed by atoms with Gasteiger partial charge in [0, 0.05) is 24.9 Å². The van der Waals surface area contributed by atoms with Crippen LogP contribution in [0.5, 0.6) is 0 Å². The predicted molar refractivity (Wildman–Crippen MR) is 70.2 cm³/mol. The molecule has 2 N–H and O–H groups in total. The molecule has 1 amide bonds. The van der Waals surface area contributed by atoms with Crippen molar-refractivity contribution in [2.24, 2.45) is 0 Å². The monoisotopic (exact) mass is 244 g/mol. The number of amides is 1. The van der Waals surface area contributed by atoms with Crippen LogP contribution in [0.15, 0.2) is 24.3 Å². The first kappa shape index (κ1) is 12.6. The van der Waals surface area contributed by atoms with E-state index in [1.54, 1.807) is 13.2 Å². The number of anilines is 1. The summed E-state index contributed by atoms with van der Waals surface area (Å²) in [4.78, 5) is 12.0. The van der Waals surface area contributed by atoms with Crippen molar-refractivity contribution < 1.29 is 9.53 Å². The van der Waals surface area contributed by atoms with Crippen LogP contribution < -0.4 is 10.6 Å². The minimum Gasteiger partial charge on any atom is -0.380 e. The molecule has 0 radical (unpaired) electrons. The third-order valence-corrected chi connectivity index (χ3v) is 3.04. The van der Waals surface area contributed by atoms with Crippen molar-refractivity contribution in [3.63, 3.8) is 0 Å². The maximum Gasteiger partial charge on any atom is 0.241 e.